The van der Waals surface area contributed by atoms with Crippen LogP contribution in [0.15, 0.2) is 6.07 Å². The van der Waals surface area contributed by atoms with E-state index in [1.54, 1.807) is 6.07 Å². The Balaban J connectivity index is 3.29. The molecule has 1 aromatic rings. The molecule has 0 amide bonds. The minimum absolute atomic E-state index is 0.121. The van der Waals surface area contributed by atoms with Crippen LogP contribution >= 0.6 is 0 Å². The standard InChI is InChI=1S/C11H16FNO2/c1-3-7-6-8(4-5-13)10(14)9(12)11(7)15-2/h6,14H,3-5,13H2,1-2H3. The Hall–Kier alpha value is -1.29. The van der Waals surface area contributed by atoms with Gasteiger partial charge in [-0.1, -0.05) is 6.92 Å². The van der Waals surface area contributed by atoms with Gasteiger partial charge in [0, 0.05) is 0 Å². The monoisotopic (exact) mass is 213 g/mol. The summed E-state index contributed by atoms with van der Waals surface area (Å²) in [7, 11) is 1.39. The van der Waals surface area contributed by atoms with Crippen molar-refractivity contribution < 1.29 is 14.2 Å². The first kappa shape index (κ1) is 11.8. The van der Waals surface area contributed by atoms with Crippen LogP contribution in [-0.2, 0) is 12.8 Å². The zero-order valence-corrected chi connectivity index (χ0v) is 9.01. The number of phenols is 1. The van der Waals surface area contributed by atoms with Gasteiger partial charge in [0.05, 0.1) is 7.11 Å². The molecule has 0 saturated carbocycles. The second-order valence-corrected chi connectivity index (χ2v) is 3.28. The SMILES string of the molecule is CCc1cc(CCN)c(O)c(F)c1OC. The number of halogens is 1. The fourth-order valence-corrected chi connectivity index (χ4v) is 1.56. The van der Waals surface area contributed by atoms with Crippen LogP contribution in [-0.4, -0.2) is 18.8 Å². The number of hydrogen-bond donors (Lipinski definition) is 2. The molecule has 3 N–H and O–H groups in total. The van der Waals surface area contributed by atoms with Crippen LogP contribution in [0.25, 0.3) is 0 Å². The summed E-state index contributed by atoms with van der Waals surface area (Å²) in [4.78, 5) is 0. The third-order valence-corrected chi connectivity index (χ3v) is 2.35. The highest BCUT2D eigenvalue weighted by Gasteiger charge is 2.16. The molecule has 0 spiro atoms. The minimum atomic E-state index is -0.694. The summed E-state index contributed by atoms with van der Waals surface area (Å²) in [5.74, 6) is -0.925. The number of nitrogens with two attached hydrogens (primary N) is 1. The van der Waals surface area contributed by atoms with E-state index in [2.05, 4.69) is 0 Å². The van der Waals surface area contributed by atoms with Crippen molar-refractivity contribution in [3.05, 3.63) is 23.0 Å². The van der Waals surface area contributed by atoms with Gasteiger partial charge in [-0.25, -0.2) is 0 Å². The average Bonchev–Trinajstić information content (AvgIpc) is 2.24. The molecule has 0 fully saturated rings. The summed E-state index contributed by atoms with van der Waals surface area (Å²) in [5.41, 5.74) is 6.66. The fraction of sp³-hybridized carbons (Fsp3) is 0.455. The van der Waals surface area contributed by atoms with Crippen molar-refractivity contribution in [2.75, 3.05) is 13.7 Å². The lowest BCUT2D eigenvalue weighted by Crippen LogP contribution is -2.05. The van der Waals surface area contributed by atoms with Gasteiger partial charge in [-0.3, -0.25) is 0 Å². The van der Waals surface area contributed by atoms with E-state index in [1.165, 1.54) is 7.11 Å². The summed E-state index contributed by atoms with van der Waals surface area (Å²) in [6, 6.07) is 1.74. The van der Waals surface area contributed by atoms with E-state index >= 15 is 0 Å². The van der Waals surface area contributed by atoms with Crippen LogP contribution in [0.5, 0.6) is 11.5 Å². The third kappa shape index (κ3) is 2.21. The average molecular weight is 213 g/mol. The van der Waals surface area contributed by atoms with E-state index < -0.39 is 5.82 Å². The Morgan fingerprint density at radius 2 is 2.13 bits per heavy atom. The normalized spacial score (nSPS) is 10.4. The van der Waals surface area contributed by atoms with Crippen LogP contribution in [0.1, 0.15) is 18.1 Å². The topological polar surface area (TPSA) is 55.5 Å². The van der Waals surface area contributed by atoms with E-state index in [9.17, 15) is 9.50 Å². The highest BCUT2D eigenvalue weighted by molar-refractivity contribution is 5.47. The third-order valence-electron chi connectivity index (χ3n) is 2.35. The van der Waals surface area contributed by atoms with Crippen molar-refractivity contribution in [2.45, 2.75) is 19.8 Å². The number of aryl methyl sites for hydroxylation is 1. The Kier molecular flexibility index (Phi) is 3.91. The molecule has 0 bridgehead atoms. The molecule has 0 aliphatic heterocycles. The van der Waals surface area contributed by atoms with Gasteiger partial charge in [-0.2, -0.15) is 4.39 Å². The number of ether oxygens (including phenoxy) is 1. The molecule has 0 aliphatic rings. The van der Waals surface area contributed by atoms with Gasteiger partial charge < -0.3 is 15.6 Å². The molecule has 84 valence electrons. The van der Waals surface area contributed by atoms with E-state index in [0.717, 1.165) is 5.56 Å². The van der Waals surface area contributed by atoms with E-state index in [4.69, 9.17) is 10.5 Å². The Bertz CT molecular complexity index is 353. The van der Waals surface area contributed by atoms with Crippen LogP contribution < -0.4 is 10.5 Å². The van der Waals surface area contributed by atoms with Gasteiger partial charge in [0.25, 0.3) is 0 Å². The van der Waals surface area contributed by atoms with Crippen molar-refractivity contribution in [1.29, 1.82) is 0 Å². The second kappa shape index (κ2) is 4.98. The summed E-state index contributed by atoms with van der Waals surface area (Å²) in [5, 5.41) is 9.55. The fourth-order valence-electron chi connectivity index (χ4n) is 1.56. The first-order valence-corrected chi connectivity index (χ1v) is 4.92. The first-order chi connectivity index (χ1) is 7.15. The van der Waals surface area contributed by atoms with Gasteiger partial charge in [0.1, 0.15) is 0 Å². The molecule has 0 heterocycles. The highest BCUT2D eigenvalue weighted by Crippen LogP contribution is 2.33. The molecule has 0 saturated heterocycles. The first-order valence-electron chi connectivity index (χ1n) is 4.92. The van der Waals surface area contributed by atoms with Gasteiger partial charge in [0.2, 0.25) is 5.82 Å². The van der Waals surface area contributed by atoms with Gasteiger partial charge in [-0.05, 0) is 36.6 Å². The summed E-state index contributed by atoms with van der Waals surface area (Å²) < 4.78 is 18.5. The number of phenolic OH excluding ortho intramolecular Hbond substituents is 1. The smallest absolute Gasteiger partial charge is 0.207 e. The molecule has 1 rings (SSSR count). The van der Waals surface area contributed by atoms with E-state index in [-0.39, 0.29) is 11.5 Å². The zero-order valence-electron chi connectivity index (χ0n) is 9.01. The van der Waals surface area contributed by atoms with Crippen molar-refractivity contribution in [3.8, 4) is 11.5 Å². The van der Waals surface area contributed by atoms with Crippen molar-refractivity contribution in [2.24, 2.45) is 5.73 Å². The predicted octanol–water partition coefficient (Wildman–Crippen LogP) is 1.60. The molecule has 3 nitrogen and oxygen atoms in total. The summed E-state index contributed by atoms with van der Waals surface area (Å²) >= 11 is 0. The van der Waals surface area contributed by atoms with Crippen molar-refractivity contribution in [1.82, 2.24) is 0 Å². The zero-order chi connectivity index (χ0) is 11.4. The lowest BCUT2D eigenvalue weighted by molar-refractivity contribution is 0.358. The van der Waals surface area contributed by atoms with Gasteiger partial charge in [0.15, 0.2) is 11.5 Å². The Labute approximate surface area is 88.7 Å². The Morgan fingerprint density at radius 1 is 1.47 bits per heavy atom. The number of methoxy groups -OCH3 is 1. The lowest BCUT2D eigenvalue weighted by atomic mass is 10.0. The van der Waals surface area contributed by atoms with E-state index in [0.29, 0.717) is 24.9 Å². The van der Waals surface area contributed by atoms with Crippen LogP contribution in [0.3, 0.4) is 0 Å². The maximum Gasteiger partial charge on any atom is 0.207 e. The van der Waals surface area contributed by atoms with Crippen molar-refractivity contribution >= 4 is 0 Å². The molecule has 4 heteroatoms. The molecular weight excluding hydrogens is 197 g/mol. The molecule has 0 atom stereocenters. The summed E-state index contributed by atoms with van der Waals surface area (Å²) in [6.07, 6.45) is 1.11. The molecule has 0 aromatic heterocycles. The quantitative estimate of drug-likeness (QED) is 0.798. The second-order valence-electron chi connectivity index (χ2n) is 3.28. The number of aromatic hydroxyl groups is 1. The molecule has 0 unspecified atom stereocenters. The largest absolute Gasteiger partial charge is 0.505 e. The molecule has 1 aromatic carbocycles. The van der Waals surface area contributed by atoms with Crippen LogP contribution in [0, 0.1) is 5.82 Å². The number of rotatable bonds is 4. The maximum absolute atomic E-state index is 13.6. The summed E-state index contributed by atoms with van der Waals surface area (Å²) in [6.45, 7) is 2.28. The number of benzene rings is 1. The van der Waals surface area contributed by atoms with Gasteiger partial charge >= 0.3 is 0 Å². The van der Waals surface area contributed by atoms with Gasteiger partial charge in [-0.15, -0.1) is 0 Å². The lowest BCUT2D eigenvalue weighted by Gasteiger charge is -2.12. The predicted molar refractivity (Wildman–Crippen MR) is 56.8 cm³/mol. The van der Waals surface area contributed by atoms with Crippen LogP contribution in [0.2, 0.25) is 0 Å². The molecular formula is C11H16FNO2. The molecule has 0 aliphatic carbocycles. The van der Waals surface area contributed by atoms with Crippen LogP contribution in [0.4, 0.5) is 4.39 Å². The molecule has 0 radical (unpaired) electrons. The highest BCUT2D eigenvalue weighted by atomic mass is 19.1. The number of hydrogen-bond acceptors (Lipinski definition) is 3. The Morgan fingerprint density at radius 3 is 2.60 bits per heavy atom. The maximum atomic E-state index is 13.6. The minimum Gasteiger partial charge on any atom is -0.505 e. The van der Waals surface area contributed by atoms with E-state index in [1.807, 2.05) is 6.92 Å². The molecule has 15 heavy (non-hydrogen) atoms. The van der Waals surface area contributed by atoms with Crippen molar-refractivity contribution in [3.63, 3.8) is 0 Å².